The zero-order chi connectivity index (χ0) is 9.84. The van der Waals surface area contributed by atoms with Crippen LogP contribution in [-0.4, -0.2) is 15.3 Å². The number of alkyl halides is 1. The second-order valence-electron chi connectivity index (χ2n) is 2.95. The predicted molar refractivity (Wildman–Crippen MR) is 55.4 cm³/mol. The Morgan fingerprint density at radius 2 is 1.92 bits per heavy atom. The van der Waals surface area contributed by atoms with E-state index < -0.39 is 0 Å². The van der Waals surface area contributed by atoms with Gasteiger partial charge >= 0.3 is 0 Å². The first kappa shape index (κ1) is 10.7. The Morgan fingerprint density at radius 3 is 2.31 bits per heavy atom. The molecule has 0 fully saturated rings. The van der Waals surface area contributed by atoms with Crippen molar-refractivity contribution in [3.05, 3.63) is 23.2 Å². The van der Waals surface area contributed by atoms with Crippen LogP contribution >= 0.6 is 23.2 Å². The molecular weight excluding hydrogens is 207 g/mol. The fraction of sp³-hybridized carbons (Fsp3) is 0.556. The highest BCUT2D eigenvalue weighted by Gasteiger charge is 2.17. The Bertz CT molecular complexity index is 259. The van der Waals surface area contributed by atoms with Crippen molar-refractivity contribution in [1.29, 1.82) is 0 Å². The molecule has 1 aromatic rings. The van der Waals surface area contributed by atoms with Crippen molar-refractivity contribution in [1.82, 2.24) is 9.97 Å². The lowest BCUT2D eigenvalue weighted by atomic mass is 10.0. The average molecular weight is 219 g/mol. The number of hydrogen-bond donors (Lipinski definition) is 0. The zero-order valence-corrected chi connectivity index (χ0v) is 9.18. The van der Waals surface area contributed by atoms with E-state index in [-0.39, 0.29) is 11.3 Å². The van der Waals surface area contributed by atoms with Gasteiger partial charge in [0, 0.05) is 23.7 Å². The van der Waals surface area contributed by atoms with Gasteiger partial charge in [-0.2, -0.15) is 0 Å². The van der Waals surface area contributed by atoms with E-state index >= 15 is 0 Å². The minimum atomic E-state index is 0.0474. The molecule has 0 radical (unpaired) electrons. The summed E-state index contributed by atoms with van der Waals surface area (Å²) in [6.45, 7) is 4.02. The molecule has 0 aliphatic heterocycles. The molecule has 0 spiro atoms. The lowest BCUT2D eigenvalue weighted by molar-refractivity contribution is 0.608. The molecule has 0 aliphatic rings. The average Bonchev–Trinajstić information content (AvgIpc) is 2.09. The van der Waals surface area contributed by atoms with Gasteiger partial charge < -0.3 is 0 Å². The molecule has 72 valence electrons. The molecule has 1 rings (SSSR count). The van der Waals surface area contributed by atoms with Crippen molar-refractivity contribution in [3.63, 3.8) is 0 Å². The van der Waals surface area contributed by atoms with Gasteiger partial charge in [0.05, 0.1) is 5.02 Å². The van der Waals surface area contributed by atoms with E-state index in [4.69, 9.17) is 23.2 Å². The largest absolute Gasteiger partial charge is 0.239 e. The molecule has 1 aromatic heterocycles. The van der Waals surface area contributed by atoms with E-state index in [2.05, 4.69) is 16.9 Å². The molecule has 13 heavy (non-hydrogen) atoms. The van der Waals surface area contributed by atoms with E-state index in [0.717, 1.165) is 12.2 Å². The van der Waals surface area contributed by atoms with Crippen LogP contribution in [0.2, 0.25) is 5.02 Å². The fourth-order valence-corrected chi connectivity index (χ4v) is 1.61. The van der Waals surface area contributed by atoms with Crippen molar-refractivity contribution in [2.75, 3.05) is 0 Å². The Balaban J connectivity index is 2.86. The maximum absolute atomic E-state index is 6.01. The normalized spacial score (nSPS) is 15.4. The van der Waals surface area contributed by atoms with Crippen LogP contribution in [0, 0.1) is 0 Å². The molecule has 2 nitrogen and oxygen atoms in total. The predicted octanol–water partition coefficient (Wildman–Crippen LogP) is 3.25. The molecule has 0 saturated heterocycles. The van der Waals surface area contributed by atoms with Gasteiger partial charge in [0.15, 0.2) is 0 Å². The Hall–Kier alpha value is -0.340. The van der Waals surface area contributed by atoms with Gasteiger partial charge in [-0.1, -0.05) is 18.5 Å². The van der Waals surface area contributed by atoms with Crippen molar-refractivity contribution in [2.24, 2.45) is 0 Å². The van der Waals surface area contributed by atoms with Crippen molar-refractivity contribution in [2.45, 2.75) is 31.6 Å². The highest BCUT2D eigenvalue weighted by atomic mass is 35.5. The molecule has 2 unspecified atom stereocenters. The highest BCUT2D eigenvalue weighted by molar-refractivity contribution is 6.30. The van der Waals surface area contributed by atoms with Crippen LogP contribution in [0.4, 0.5) is 0 Å². The van der Waals surface area contributed by atoms with Crippen LogP contribution in [0.25, 0.3) is 0 Å². The van der Waals surface area contributed by atoms with Gasteiger partial charge in [0.1, 0.15) is 5.82 Å². The van der Waals surface area contributed by atoms with E-state index in [1.54, 1.807) is 12.4 Å². The molecular formula is C9H12Cl2N2. The third kappa shape index (κ3) is 2.82. The monoisotopic (exact) mass is 218 g/mol. The van der Waals surface area contributed by atoms with Gasteiger partial charge in [0.25, 0.3) is 0 Å². The third-order valence-electron chi connectivity index (χ3n) is 1.97. The lowest BCUT2D eigenvalue weighted by Crippen LogP contribution is -2.11. The number of rotatable bonds is 3. The molecule has 0 bridgehead atoms. The van der Waals surface area contributed by atoms with Gasteiger partial charge in [-0.25, -0.2) is 9.97 Å². The van der Waals surface area contributed by atoms with E-state index in [1.165, 1.54) is 0 Å². The Morgan fingerprint density at radius 1 is 1.38 bits per heavy atom. The van der Waals surface area contributed by atoms with Crippen LogP contribution in [0.3, 0.4) is 0 Å². The molecule has 0 amide bonds. The highest BCUT2D eigenvalue weighted by Crippen LogP contribution is 2.23. The Labute approximate surface area is 88.3 Å². The van der Waals surface area contributed by atoms with Crippen LogP contribution in [0.5, 0.6) is 0 Å². The fourth-order valence-electron chi connectivity index (χ4n) is 1.23. The maximum Gasteiger partial charge on any atom is 0.132 e. The van der Waals surface area contributed by atoms with Crippen LogP contribution in [0.1, 0.15) is 32.0 Å². The SMILES string of the molecule is CCC(c1ncc(Cl)cn1)C(C)Cl. The number of nitrogens with zero attached hydrogens (tertiary/aromatic N) is 2. The van der Waals surface area contributed by atoms with Crippen LogP contribution in [-0.2, 0) is 0 Å². The van der Waals surface area contributed by atoms with E-state index in [0.29, 0.717) is 5.02 Å². The molecule has 0 saturated carbocycles. The molecule has 2 atom stereocenters. The topological polar surface area (TPSA) is 25.8 Å². The molecule has 0 aromatic carbocycles. The molecule has 0 aliphatic carbocycles. The summed E-state index contributed by atoms with van der Waals surface area (Å²) in [6, 6.07) is 0. The van der Waals surface area contributed by atoms with Gasteiger partial charge in [-0.3, -0.25) is 0 Å². The van der Waals surface area contributed by atoms with Crippen LogP contribution < -0.4 is 0 Å². The van der Waals surface area contributed by atoms with E-state index in [9.17, 15) is 0 Å². The number of hydrogen-bond acceptors (Lipinski definition) is 2. The molecule has 0 N–H and O–H groups in total. The summed E-state index contributed by atoms with van der Waals surface area (Å²) in [5.41, 5.74) is 0. The van der Waals surface area contributed by atoms with Gasteiger partial charge in [-0.15, -0.1) is 11.6 Å². The quantitative estimate of drug-likeness (QED) is 0.729. The second-order valence-corrected chi connectivity index (χ2v) is 4.08. The number of halogens is 2. The molecule has 4 heteroatoms. The zero-order valence-electron chi connectivity index (χ0n) is 7.67. The minimum absolute atomic E-state index is 0.0474. The number of aromatic nitrogens is 2. The maximum atomic E-state index is 6.01. The summed E-state index contributed by atoms with van der Waals surface area (Å²) in [5, 5.41) is 0.604. The van der Waals surface area contributed by atoms with E-state index in [1.807, 2.05) is 6.92 Å². The summed E-state index contributed by atoms with van der Waals surface area (Å²) < 4.78 is 0. The first-order valence-electron chi connectivity index (χ1n) is 4.26. The van der Waals surface area contributed by atoms with Crippen molar-refractivity contribution >= 4 is 23.2 Å². The Kier molecular flexibility index (Phi) is 3.94. The van der Waals surface area contributed by atoms with Gasteiger partial charge in [0.2, 0.25) is 0 Å². The molecule has 1 heterocycles. The first-order chi connectivity index (χ1) is 6.15. The van der Waals surface area contributed by atoms with Crippen molar-refractivity contribution in [3.8, 4) is 0 Å². The summed E-state index contributed by atoms with van der Waals surface area (Å²) in [4.78, 5) is 8.29. The summed E-state index contributed by atoms with van der Waals surface area (Å²) in [5.74, 6) is 0.980. The van der Waals surface area contributed by atoms with Crippen molar-refractivity contribution < 1.29 is 0 Å². The second kappa shape index (κ2) is 4.77. The van der Waals surface area contributed by atoms with Gasteiger partial charge in [-0.05, 0) is 13.3 Å². The standard InChI is InChI=1S/C9H12Cl2N2/c1-3-8(6(2)10)9-12-4-7(11)5-13-9/h4-6,8H,3H2,1-2H3. The smallest absolute Gasteiger partial charge is 0.132 e. The van der Waals surface area contributed by atoms with Crippen LogP contribution in [0.15, 0.2) is 12.4 Å². The minimum Gasteiger partial charge on any atom is -0.239 e. The first-order valence-corrected chi connectivity index (χ1v) is 5.08. The summed E-state index contributed by atoms with van der Waals surface area (Å²) >= 11 is 11.7. The third-order valence-corrected chi connectivity index (χ3v) is 2.47. The lowest BCUT2D eigenvalue weighted by Gasteiger charge is -2.14. The summed E-state index contributed by atoms with van der Waals surface area (Å²) in [7, 11) is 0. The summed E-state index contributed by atoms with van der Waals surface area (Å²) in [6.07, 6.45) is 4.14.